The normalized spacial score (nSPS) is 13.1. The van der Waals surface area contributed by atoms with Crippen molar-refractivity contribution in [2.24, 2.45) is 0 Å². The summed E-state index contributed by atoms with van der Waals surface area (Å²) in [5.74, 6) is 0. The molecule has 1 aromatic rings. The number of anilines is 1. The van der Waals surface area contributed by atoms with Crippen molar-refractivity contribution >= 4 is 12.1 Å². The van der Waals surface area contributed by atoms with E-state index >= 15 is 0 Å². The van der Waals surface area contributed by atoms with Gasteiger partial charge in [0.25, 0.3) is 0 Å². The summed E-state index contributed by atoms with van der Waals surface area (Å²) in [4.78, 5) is 10.3. The van der Waals surface area contributed by atoms with Gasteiger partial charge in [0.05, 0.1) is 11.1 Å². The monoisotopic (exact) mass is 339 g/mol. The van der Waals surface area contributed by atoms with Crippen LogP contribution in [-0.4, -0.2) is 19.1 Å². The Morgan fingerprint density at radius 2 is 1.23 bits per heavy atom. The van der Waals surface area contributed by atoms with E-state index in [0.29, 0.717) is 0 Å². The van der Waals surface area contributed by atoms with E-state index in [2.05, 4.69) is 0 Å². The molecule has 0 spiro atoms. The molecule has 0 aliphatic rings. The summed E-state index contributed by atoms with van der Waals surface area (Å²) in [5, 5.41) is 0. The van der Waals surface area contributed by atoms with Crippen molar-refractivity contribution in [1.29, 1.82) is 0 Å². The number of hydrogen-bond acceptors (Lipinski definition) is 1. The molecule has 0 radical (unpaired) electrons. The van der Waals surface area contributed by atoms with Gasteiger partial charge in [-0.3, -0.25) is 4.79 Å². The molecule has 1 amide bonds. The summed E-state index contributed by atoms with van der Waals surface area (Å²) in [6, 6.07) is -0.176. The van der Waals surface area contributed by atoms with E-state index in [1.54, 1.807) is 0 Å². The Morgan fingerprint density at radius 1 is 0.818 bits per heavy atom. The van der Waals surface area contributed by atoms with Crippen LogP contribution in [0.5, 0.6) is 0 Å². The van der Waals surface area contributed by atoms with Gasteiger partial charge in [0.2, 0.25) is 6.41 Å². The van der Waals surface area contributed by atoms with Gasteiger partial charge < -0.3 is 4.90 Å². The molecule has 0 unspecified atom stereocenters. The van der Waals surface area contributed by atoms with Crippen molar-refractivity contribution in [3.8, 4) is 0 Å². The second kappa shape index (κ2) is 5.69. The first-order valence-corrected chi connectivity index (χ1v) is 5.32. The lowest BCUT2D eigenvalue weighted by molar-refractivity contribution is -0.143. The van der Waals surface area contributed by atoms with Gasteiger partial charge in [-0.05, 0) is 18.2 Å². The molecule has 22 heavy (non-hydrogen) atoms. The number of benzene rings is 1. The maximum Gasteiger partial charge on any atom is 0.416 e. The fourth-order valence-corrected chi connectivity index (χ4v) is 1.49. The maximum absolute atomic E-state index is 12.5. The Balaban J connectivity index is 3.43. The minimum absolute atomic E-state index is 0.0371. The largest absolute Gasteiger partial charge is 0.416 e. The zero-order valence-electron chi connectivity index (χ0n) is 10.3. The van der Waals surface area contributed by atoms with Crippen LogP contribution in [0.4, 0.5) is 45.2 Å². The first-order valence-electron chi connectivity index (χ1n) is 5.32. The van der Waals surface area contributed by atoms with Crippen molar-refractivity contribution in [3.63, 3.8) is 0 Å². The number of carbonyl (C=O) groups is 1. The SMILES string of the molecule is O=CN(CC(F)(F)F)c1cc(C(F)(F)F)cc(C(F)(F)F)c1. The summed E-state index contributed by atoms with van der Waals surface area (Å²) in [6.07, 6.45) is -15.9. The van der Waals surface area contributed by atoms with E-state index in [9.17, 15) is 44.3 Å². The number of halogens is 9. The molecule has 2 nitrogen and oxygen atoms in total. The maximum atomic E-state index is 12.5. The molecular formula is C11H6F9NO. The summed E-state index contributed by atoms with van der Waals surface area (Å²) in [5.41, 5.74) is -4.79. The molecule has 1 aromatic carbocycles. The number of nitrogens with zero attached hydrogens (tertiary/aromatic N) is 1. The molecule has 0 aromatic heterocycles. The van der Waals surface area contributed by atoms with Crippen molar-refractivity contribution in [2.75, 3.05) is 11.4 Å². The van der Waals surface area contributed by atoms with Gasteiger partial charge in [-0.15, -0.1) is 0 Å². The molecule has 11 heteroatoms. The highest BCUT2D eigenvalue weighted by atomic mass is 19.4. The molecule has 0 saturated heterocycles. The summed E-state index contributed by atoms with van der Waals surface area (Å²) >= 11 is 0. The molecular weight excluding hydrogens is 333 g/mol. The lowest BCUT2D eigenvalue weighted by Gasteiger charge is -2.22. The summed E-state index contributed by atoms with van der Waals surface area (Å²) < 4.78 is 112. The predicted molar refractivity (Wildman–Crippen MR) is 55.9 cm³/mol. The molecule has 0 aliphatic heterocycles. The molecule has 0 fully saturated rings. The summed E-state index contributed by atoms with van der Waals surface area (Å²) in [7, 11) is 0. The Bertz CT molecular complexity index is 512. The highest BCUT2D eigenvalue weighted by Crippen LogP contribution is 2.38. The molecule has 1 rings (SSSR count). The van der Waals surface area contributed by atoms with Crippen molar-refractivity contribution in [3.05, 3.63) is 29.3 Å². The number of hydrogen-bond donors (Lipinski definition) is 0. The van der Waals surface area contributed by atoms with E-state index in [0.717, 1.165) is 0 Å². The van der Waals surface area contributed by atoms with Crippen LogP contribution in [0, 0.1) is 0 Å². The standard InChI is InChI=1S/C11H6F9NO/c12-9(13,14)4-21(5-22)8-2-6(10(15,16)17)1-7(3-8)11(18,19)20/h1-3,5H,4H2. The third-order valence-electron chi connectivity index (χ3n) is 2.38. The molecule has 0 N–H and O–H groups in total. The topological polar surface area (TPSA) is 20.3 Å². The Hall–Kier alpha value is -1.94. The first-order chi connectivity index (χ1) is 9.74. The summed E-state index contributed by atoms with van der Waals surface area (Å²) in [6.45, 7) is -2.02. The van der Waals surface area contributed by atoms with E-state index in [1.165, 1.54) is 0 Å². The smallest absolute Gasteiger partial charge is 0.306 e. The fraction of sp³-hybridized carbons (Fsp3) is 0.364. The van der Waals surface area contributed by atoms with Gasteiger partial charge in [0, 0.05) is 5.69 Å². The highest BCUT2D eigenvalue weighted by molar-refractivity contribution is 5.76. The lowest BCUT2D eigenvalue weighted by Crippen LogP contribution is -2.33. The number of rotatable bonds is 3. The van der Waals surface area contributed by atoms with E-state index < -0.39 is 48.3 Å². The van der Waals surface area contributed by atoms with Crippen LogP contribution in [0.15, 0.2) is 18.2 Å². The van der Waals surface area contributed by atoms with Crippen LogP contribution in [0.3, 0.4) is 0 Å². The van der Waals surface area contributed by atoms with Gasteiger partial charge >= 0.3 is 18.5 Å². The van der Waals surface area contributed by atoms with Gasteiger partial charge in [-0.25, -0.2) is 0 Å². The molecule has 0 heterocycles. The second-order valence-electron chi connectivity index (χ2n) is 4.11. The molecule has 0 saturated carbocycles. The van der Waals surface area contributed by atoms with Crippen LogP contribution in [0.2, 0.25) is 0 Å². The van der Waals surface area contributed by atoms with Gasteiger partial charge in [0.15, 0.2) is 0 Å². The Morgan fingerprint density at radius 3 is 1.50 bits per heavy atom. The fourth-order valence-electron chi connectivity index (χ4n) is 1.49. The van der Waals surface area contributed by atoms with E-state index in [1.807, 2.05) is 0 Å². The molecule has 0 atom stereocenters. The highest BCUT2D eigenvalue weighted by Gasteiger charge is 2.38. The van der Waals surface area contributed by atoms with Gasteiger partial charge in [-0.2, -0.15) is 39.5 Å². The lowest BCUT2D eigenvalue weighted by atomic mass is 10.1. The van der Waals surface area contributed by atoms with Crippen molar-refractivity contribution in [2.45, 2.75) is 18.5 Å². The molecule has 0 bridgehead atoms. The third kappa shape index (κ3) is 4.81. The average Bonchev–Trinajstić information content (AvgIpc) is 2.32. The van der Waals surface area contributed by atoms with Crippen LogP contribution < -0.4 is 4.90 Å². The zero-order valence-corrected chi connectivity index (χ0v) is 10.3. The predicted octanol–water partition coefficient (Wildman–Crippen LogP) is 4.25. The number of carbonyl (C=O) groups excluding carboxylic acids is 1. The van der Waals surface area contributed by atoms with Gasteiger partial charge in [-0.1, -0.05) is 0 Å². The van der Waals surface area contributed by atoms with E-state index in [-0.39, 0.29) is 23.1 Å². The van der Waals surface area contributed by atoms with Crippen molar-refractivity contribution in [1.82, 2.24) is 0 Å². The minimum Gasteiger partial charge on any atom is -0.306 e. The third-order valence-corrected chi connectivity index (χ3v) is 2.38. The van der Waals surface area contributed by atoms with Crippen molar-refractivity contribution < 1.29 is 44.3 Å². The minimum atomic E-state index is -5.22. The quantitative estimate of drug-likeness (QED) is 0.596. The van der Waals surface area contributed by atoms with Crippen LogP contribution in [-0.2, 0) is 17.1 Å². The van der Waals surface area contributed by atoms with Gasteiger partial charge in [0.1, 0.15) is 6.54 Å². The Labute approximate surface area is 117 Å². The Kier molecular flexibility index (Phi) is 4.68. The first kappa shape index (κ1) is 18.1. The van der Waals surface area contributed by atoms with E-state index in [4.69, 9.17) is 0 Å². The zero-order chi connectivity index (χ0) is 17.3. The molecule has 124 valence electrons. The molecule has 0 aliphatic carbocycles. The van der Waals surface area contributed by atoms with Crippen LogP contribution in [0.1, 0.15) is 11.1 Å². The number of amides is 1. The van der Waals surface area contributed by atoms with Crippen LogP contribution in [0.25, 0.3) is 0 Å². The number of alkyl halides is 9. The second-order valence-corrected chi connectivity index (χ2v) is 4.11. The average molecular weight is 339 g/mol. The van der Waals surface area contributed by atoms with Crippen LogP contribution >= 0.6 is 0 Å².